The molecule has 0 N–H and O–H groups in total. The van der Waals surface area contributed by atoms with Gasteiger partial charge in [0.15, 0.2) is 0 Å². The fourth-order valence-electron chi connectivity index (χ4n) is 3.97. The highest BCUT2D eigenvalue weighted by Crippen LogP contribution is 2.36. The monoisotopic (exact) mass is 419 g/mol. The van der Waals surface area contributed by atoms with Crippen LogP contribution in [0.1, 0.15) is 44.6 Å². The minimum absolute atomic E-state index is 0.0620. The van der Waals surface area contributed by atoms with E-state index in [-0.39, 0.29) is 25.6 Å². The van der Waals surface area contributed by atoms with Gasteiger partial charge in [-0.15, -0.1) is 6.58 Å². The Morgan fingerprint density at radius 3 is 2.13 bits per heavy atom. The van der Waals surface area contributed by atoms with Crippen LogP contribution in [-0.2, 0) is 19.1 Å². The van der Waals surface area contributed by atoms with Gasteiger partial charge in [-0.3, -0.25) is 4.99 Å². The maximum Gasteiger partial charge on any atom is 0.345 e. The van der Waals surface area contributed by atoms with Gasteiger partial charge >= 0.3 is 11.9 Å². The molecule has 2 aromatic carbocycles. The van der Waals surface area contributed by atoms with Crippen LogP contribution in [0.25, 0.3) is 11.1 Å². The summed E-state index contributed by atoms with van der Waals surface area (Å²) in [5.74, 6) is -1.34. The predicted molar refractivity (Wildman–Crippen MR) is 122 cm³/mol. The van der Waals surface area contributed by atoms with Gasteiger partial charge in [0, 0.05) is 11.6 Å². The fourth-order valence-corrected chi connectivity index (χ4v) is 3.97. The van der Waals surface area contributed by atoms with E-state index in [1.54, 1.807) is 13.8 Å². The summed E-state index contributed by atoms with van der Waals surface area (Å²) in [7, 11) is 0. The number of carbonyl (C=O) groups excluding carboxylic acids is 2. The summed E-state index contributed by atoms with van der Waals surface area (Å²) in [6, 6.07) is 18.5. The molecular formula is C26H29NO4. The van der Waals surface area contributed by atoms with Crippen molar-refractivity contribution in [3.05, 3.63) is 72.8 Å². The molecule has 0 bridgehead atoms. The minimum atomic E-state index is -1.61. The van der Waals surface area contributed by atoms with Gasteiger partial charge in [0.2, 0.25) is 0 Å². The third-order valence-electron chi connectivity index (χ3n) is 5.53. The van der Waals surface area contributed by atoms with Gasteiger partial charge in [0.05, 0.1) is 13.2 Å². The molecule has 0 radical (unpaired) electrons. The van der Waals surface area contributed by atoms with E-state index in [2.05, 4.69) is 48.0 Å². The lowest BCUT2D eigenvalue weighted by atomic mass is 9.88. The van der Waals surface area contributed by atoms with Crippen molar-refractivity contribution in [2.24, 2.45) is 4.99 Å². The quantitative estimate of drug-likeness (QED) is 0.322. The average molecular weight is 420 g/mol. The second kappa shape index (κ2) is 10.2. The summed E-state index contributed by atoms with van der Waals surface area (Å²) in [5, 5.41) is 0. The number of ether oxygens (including phenoxy) is 2. The smallest absolute Gasteiger partial charge is 0.345 e. The van der Waals surface area contributed by atoms with Crippen molar-refractivity contribution < 1.29 is 19.1 Å². The number of rotatable bonds is 9. The SMILES string of the molecule is C=CCC(C1=NC(C(=O)OCC)(C(=O)OCC)CC1)c1ccc(-c2ccccc2)cc1. The molecule has 1 heterocycles. The number of hydrogen-bond acceptors (Lipinski definition) is 5. The van der Waals surface area contributed by atoms with E-state index in [0.29, 0.717) is 12.8 Å². The van der Waals surface area contributed by atoms with E-state index in [0.717, 1.165) is 22.4 Å². The van der Waals surface area contributed by atoms with Crippen molar-refractivity contribution in [2.75, 3.05) is 13.2 Å². The lowest BCUT2D eigenvalue weighted by Crippen LogP contribution is -2.45. The number of benzene rings is 2. The molecule has 1 aliphatic heterocycles. The molecule has 0 amide bonds. The van der Waals surface area contributed by atoms with E-state index >= 15 is 0 Å². The van der Waals surface area contributed by atoms with Gasteiger partial charge in [-0.2, -0.15) is 0 Å². The Morgan fingerprint density at radius 2 is 1.58 bits per heavy atom. The maximum absolute atomic E-state index is 12.7. The molecule has 1 atom stereocenters. The zero-order valence-corrected chi connectivity index (χ0v) is 18.2. The average Bonchev–Trinajstić information content (AvgIpc) is 3.25. The summed E-state index contributed by atoms with van der Waals surface area (Å²) in [6.07, 6.45) is 3.28. The van der Waals surface area contributed by atoms with Gasteiger partial charge in [-0.25, -0.2) is 9.59 Å². The predicted octanol–water partition coefficient (Wildman–Crippen LogP) is 5.11. The number of carbonyl (C=O) groups is 2. The van der Waals surface area contributed by atoms with Crippen LogP contribution in [0.2, 0.25) is 0 Å². The largest absolute Gasteiger partial charge is 0.464 e. The van der Waals surface area contributed by atoms with Crippen LogP contribution in [0.4, 0.5) is 0 Å². The van der Waals surface area contributed by atoms with E-state index < -0.39 is 17.5 Å². The Hall–Kier alpha value is -3.21. The number of allylic oxidation sites excluding steroid dienone is 1. The maximum atomic E-state index is 12.7. The fraction of sp³-hybridized carbons (Fsp3) is 0.346. The molecule has 31 heavy (non-hydrogen) atoms. The lowest BCUT2D eigenvalue weighted by molar-refractivity contribution is -0.163. The number of hydrogen-bond donors (Lipinski definition) is 0. The summed E-state index contributed by atoms with van der Waals surface area (Å²) in [5.41, 5.74) is 2.54. The van der Waals surface area contributed by atoms with Crippen molar-refractivity contribution in [1.82, 2.24) is 0 Å². The first-order valence-corrected chi connectivity index (χ1v) is 10.7. The van der Waals surface area contributed by atoms with Crippen LogP contribution < -0.4 is 0 Å². The zero-order valence-electron chi connectivity index (χ0n) is 18.2. The molecule has 1 unspecified atom stereocenters. The Kier molecular flexibility index (Phi) is 7.40. The van der Waals surface area contributed by atoms with Crippen LogP contribution in [0.3, 0.4) is 0 Å². The zero-order chi connectivity index (χ0) is 22.3. The highest BCUT2D eigenvalue weighted by Gasteiger charge is 2.52. The van der Waals surface area contributed by atoms with E-state index in [4.69, 9.17) is 9.47 Å². The topological polar surface area (TPSA) is 65.0 Å². The molecule has 0 saturated heterocycles. The van der Waals surface area contributed by atoms with Crippen LogP contribution in [0, 0.1) is 0 Å². The summed E-state index contributed by atoms with van der Waals surface area (Å²) >= 11 is 0. The third kappa shape index (κ3) is 4.76. The Balaban J connectivity index is 1.94. The van der Waals surface area contributed by atoms with E-state index in [1.165, 1.54) is 0 Å². The molecule has 0 fully saturated rings. The molecule has 0 aliphatic carbocycles. The highest BCUT2D eigenvalue weighted by molar-refractivity contribution is 6.10. The summed E-state index contributed by atoms with van der Waals surface area (Å²) < 4.78 is 10.4. The first-order chi connectivity index (χ1) is 15.1. The second-order valence-electron chi connectivity index (χ2n) is 7.47. The van der Waals surface area contributed by atoms with Crippen molar-refractivity contribution >= 4 is 17.7 Å². The second-order valence-corrected chi connectivity index (χ2v) is 7.47. The van der Waals surface area contributed by atoms with Gasteiger partial charge < -0.3 is 9.47 Å². The molecule has 3 rings (SSSR count). The molecule has 5 nitrogen and oxygen atoms in total. The molecule has 5 heteroatoms. The summed E-state index contributed by atoms with van der Waals surface area (Å²) in [4.78, 5) is 30.0. The molecule has 1 aliphatic rings. The minimum Gasteiger partial charge on any atom is -0.464 e. The van der Waals surface area contributed by atoms with E-state index in [9.17, 15) is 9.59 Å². The molecule has 0 spiro atoms. The number of esters is 2. The van der Waals surface area contributed by atoms with Crippen LogP contribution in [-0.4, -0.2) is 36.4 Å². The molecule has 0 saturated carbocycles. The van der Waals surface area contributed by atoms with Crippen molar-refractivity contribution in [3.63, 3.8) is 0 Å². The molecule has 2 aromatic rings. The van der Waals surface area contributed by atoms with Crippen molar-refractivity contribution in [1.29, 1.82) is 0 Å². The Bertz CT molecular complexity index is 929. The first-order valence-electron chi connectivity index (χ1n) is 10.7. The number of nitrogens with zero attached hydrogens (tertiary/aromatic N) is 1. The van der Waals surface area contributed by atoms with Gasteiger partial charge in [-0.05, 0) is 49.8 Å². The normalized spacial score (nSPS) is 15.6. The van der Waals surface area contributed by atoms with Gasteiger partial charge in [0.25, 0.3) is 5.54 Å². The van der Waals surface area contributed by atoms with E-state index in [1.807, 2.05) is 24.3 Å². The van der Waals surface area contributed by atoms with Gasteiger partial charge in [-0.1, -0.05) is 60.7 Å². The van der Waals surface area contributed by atoms with Gasteiger partial charge in [0.1, 0.15) is 0 Å². The molecular weight excluding hydrogens is 390 g/mol. The Morgan fingerprint density at radius 1 is 1.00 bits per heavy atom. The van der Waals surface area contributed by atoms with Crippen molar-refractivity contribution in [3.8, 4) is 11.1 Å². The molecule has 0 aromatic heterocycles. The standard InChI is InChI=1S/C26H29NO4/c1-4-10-22(21-15-13-20(14-16-21)19-11-8-7-9-12-19)23-17-18-26(27-23,24(28)30-5-2)25(29)31-6-3/h4,7-9,11-16,22H,1,5-6,10,17-18H2,2-3H3. The van der Waals surface area contributed by atoms with Crippen LogP contribution in [0.15, 0.2) is 72.2 Å². The third-order valence-corrected chi connectivity index (χ3v) is 5.53. The highest BCUT2D eigenvalue weighted by atomic mass is 16.6. The molecule has 162 valence electrons. The first kappa shape index (κ1) is 22.5. The Labute approximate surface area is 183 Å². The van der Waals surface area contributed by atoms with Crippen molar-refractivity contribution in [2.45, 2.75) is 44.6 Å². The van der Waals surface area contributed by atoms with Crippen LogP contribution in [0.5, 0.6) is 0 Å². The van der Waals surface area contributed by atoms with Crippen LogP contribution >= 0.6 is 0 Å². The lowest BCUT2D eigenvalue weighted by Gasteiger charge is -2.21. The summed E-state index contributed by atoms with van der Waals surface area (Å²) in [6.45, 7) is 7.68. The number of aliphatic imine (C=N–C) groups is 1.